The molecular weight excluding hydrogens is 238 g/mol. The van der Waals surface area contributed by atoms with Crippen LogP contribution in [-0.4, -0.2) is 39.6 Å². The summed E-state index contributed by atoms with van der Waals surface area (Å²) in [4.78, 5) is 13.4. The number of nitrogens with zero attached hydrogens (tertiary/aromatic N) is 1. The summed E-state index contributed by atoms with van der Waals surface area (Å²) in [6, 6.07) is 6.46. The Balaban J connectivity index is 1.92. The Morgan fingerprint density at radius 3 is 2.84 bits per heavy atom. The number of carbonyl (C=O) groups is 1. The van der Waals surface area contributed by atoms with Crippen molar-refractivity contribution < 1.29 is 4.79 Å². The van der Waals surface area contributed by atoms with Crippen molar-refractivity contribution in [1.29, 1.82) is 0 Å². The smallest absolute Gasteiger partial charge is 0.227 e. The van der Waals surface area contributed by atoms with Gasteiger partial charge in [0, 0.05) is 32.2 Å². The molecular formula is C15H23N3O. The van der Waals surface area contributed by atoms with Crippen LogP contribution in [0.2, 0.25) is 0 Å². The predicted octanol–water partition coefficient (Wildman–Crippen LogP) is 0.947. The van der Waals surface area contributed by atoms with Crippen LogP contribution < -0.4 is 15.5 Å². The predicted molar refractivity (Wildman–Crippen MR) is 78.7 cm³/mol. The van der Waals surface area contributed by atoms with Gasteiger partial charge in [0.2, 0.25) is 5.91 Å². The molecule has 0 aliphatic carbocycles. The quantitative estimate of drug-likeness (QED) is 0.749. The van der Waals surface area contributed by atoms with Gasteiger partial charge < -0.3 is 15.5 Å². The number of hydrogen-bond donors (Lipinski definition) is 2. The number of carbonyl (C=O) groups excluding carboxylic acids is 1. The minimum Gasteiger partial charge on any atom is -0.318 e. The van der Waals surface area contributed by atoms with Gasteiger partial charge in [-0.15, -0.1) is 0 Å². The second kappa shape index (κ2) is 6.68. The molecule has 1 aromatic carbocycles. The zero-order valence-corrected chi connectivity index (χ0v) is 11.8. The van der Waals surface area contributed by atoms with E-state index in [1.807, 2.05) is 14.1 Å². The molecule has 19 heavy (non-hydrogen) atoms. The van der Waals surface area contributed by atoms with Gasteiger partial charge in [-0.3, -0.25) is 4.79 Å². The van der Waals surface area contributed by atoms with Crippen LogP contribution in [0.4, 0.5) is 5.69 Å². The zero-order valence-electron chi connectivity index (χ0n) is 11.8. The van der Waals surface area contributed by atoms with Gasteiger partial charge in [-0.1, -0.05) is 12.1 Å². The van der Waals surface area contributed by atoms with E-state index in [1.54, 1.807) is 4.90 Å². The molecule has 2 N–H and O–H groups in total. The topological polar surface area (TPSA) is 44.4 Å². The van der Waals surface area contributed by atoms with Gasteiger partial charge in [-0.25, -0.2) is 0 Å². The summed E-state index contributed by atoms with van der Waals surface area (Å²) in [6.07, 6.45) is 2.54. The molecule has 0 spiro atoms. The lowest BCUT2D eigenvalue weighted by atomic mass is 9.98. The number of hydrogen-bond acceptors (Lipinski definition) is 3. The highest BCUT2D eigenvalue weighted by Crippen LogP contribution is 2.27. The summed E-state index contributed by atoms with van der Waals surface area (Å²) in [5.74, 6) is 0.217. The summed E-state index contributed by atoms with van der Waals surface area (Å²) in [6.45, 7) is 2.99. The highest BCUT2D eigenvalue weighted by molar-refractivity contribution is 5.95. The minimum atomic E-state index is 0.217. The first kappa shape index (κ1) is 14.0. The van der Waals surface area contributed by atoms with Crippen molar-refractivity contribution in [2.24, 2.45) is 0 Å². The molecule has 104 valence electrons. The van der Waals surface area contributed by atoms with Crippen LogP contribution in [0.3, 0.4) is 0 Å². The number of aryl methyl sites for hydroxylation is 1. The Morgan fingerprint density at radius 1 is 1.21 bits per heavy atom. The average molecular weight is 261 g/mol. The normalized spacial score (nSPS) is 14.6. The molecule has 0 radical (unpaired) electrons. The van der Waals surface area contributed by atoms with Crippen molar-refractivity contribution in [1.82, 2.24) is 10.6 Å². The molecule has 0 bridgehead atoms. The molecule has 0 fully saturated rings. The first-order valence-electron chi connectivity index (χ1n) is 6.96. The Labute approximate surface area is 115 Å². The molecule has 0 saturated heterocycles. The Hall–Kier alpha value is -1.39. The molecule has 4 nitrogen and oxygen atoms in total. The van der Waals surface area contributed by atoms with Gasteiger partial charge in [0.25, 0.3) is 0 Å². The molecule has 0 atom stereocenters. The molecule has 0 saturated carbocycles. The fraction of sp³-hybridized carbons (Fsp3) is 0.533. The molecule has 1 aromatic rings. The van der Waals surface area contributed by atoms with Crippen LogP contribution in [0.15, 0.2) is 18.2 Å². The van der Waals surface area contributed by atoms with E-state index < -0.39 is 0 Å². The number of likely N-dealkylation sites (N-methyl/N-ethyl adjacent to an activating group) is 1. The summed E-state index contributed by atoms with van der Waals surface area (Å²) in [7, 11) is 3.82. The maximum Gasteiger partial charge on any atom is 0.227 e. The van der Waals surface area contributed by atoms with E-state index >= 15 is 0 Å². The van der Waals surface area contributed by atoms with Crippen molar-refractivity contribution >= 4 is 11.6 Å². The number of amides is 1. The van der Waals surface area contributed by atoms with Gasteiger partial charge in [0.05, 0.1) is 0 Å². The molecule has 1 heterocycles. The van der Waals surface area contributed by atoms with Crippen LogP contribution in [-0.2, 0) is 17.6 Å². The Kier molecular flexibility index (Phi) is 4.93. The lowest BCUT2D eigenvalue weighted by molar-refractivity contribution is -0.118. The Bertz CT molecular complexity index is 445. The van der Waals surface area contributed by atoms with E-state index in [0.29, 0.717) is 6.42 Å². The summed E-state index contributed by atoms with van der Waals surface area (Å²) in [5, 5.41) is 6.52. The van der Waals surface area contributed by atoms with Gasteiger partial charge in [-0.05, 0) is 43.6 Å². The van der Waals surface area contributed by atoms with E-state index in [-0.39, 0.29) is 5.91 Å². The highest BCUT2D eigenvalue weighted by atomic mass is 16.2. The molecule has 4 heteroatoms. The number of anilines is 1. The van der Waals surface area contributed by atoms with Crippen molar-refractivity contribution in [3.63, 3.8) is 0 Å². The average Bonchev–Trinajstić information content (AvgIpc) is 2.43. The molecule has 1 aliphatic heterocycles. The van der Waals surface area contributed by atoms with Gasteiger partial charge in [-0.2, -0.15) is 0 Å². The lowest BCUT2D eigenvalue weighted by Gasteiger charge is -2.26. The third-order valence-electron chi connectivity index (χ3n) is 3.63. The third kappa shape index (κ3) is 3.55. The van der Waals surface area contributed by atoms with Crippen LogP contribution >= 0.6 is 0 Å². The van der Waals surface area contributed by atoms with Gasteiger partial charge in [0.1, 0.15) is 0 Å². The monoisotopic (exact) mass is 261 g/mol. The first-order chi connectivity index (χ1) is 9.22. The van der Waals surface area contributed by atoms with E-state index in [1.165, 1.54) is 11.1 Å². The summed E-state index contributed by atoms with van der Waals surface area (Å²) < 4.78 is 0. The van der Waals surface area contributed by atoms with Crippen molar-refractivity contribution in [3.8, 4) is 0 Å². The van der Waals surface area contributed by atoms with Crippen molar-refractivity contribution in [2.45, 2.75) is 19.3 Å². The first-order valence-corrected chi connectivity index (χ1v) is 6.96. The third-order valence-corrected chi connectivity index (χ3v) is 3.63. The fourth-order valence-electron chi connectivity index (χ4n) is 2.44. The number of rotatable bonds is 6. The zero-order chi connectivity index (χ0) is 13.7. The Morgan fingerprint density at radius 2 is 2.05 bits per heavy atom. The van der Waals surface area contributed by atoms with Gasteiger partial charge in [0.15, 0.2) is 0 Å². The number of nitrogens with one attached hydrogen (secondary N) is 2. The second-order valence-corrected chi connectivity index (χ2v) is 5.02. The molecule has 0 unspecified atom stereocenters. The van der Waals surface area contributed by atoms with Crippen molar-refractivity contribution in [3.05, 3.63) is 29.3 Å². The maximum atomic E-state index is 11.6. The molecule has 2 rings (SSSR count). The van der Waals surface area contributed by atoms with Crippen LogP contribution in [0.25, 0.3) is 0 Å². The molecule has 1 amide bonds. The molecule has 0 aromatic heterocycles. The second-order valence-electron chi connectivity index (χ2n) is 5.02. The molecule has 1 aliphatic rings. The van der Waals surface area contributed by atoms with Crippen LogP contribution in [0, 0.1) is 0 Å². The number of benzene rings is 1. The SMILES string of the molecule is CNCCNCCc1ccc2c(c1)CCC(=O)N2C. The van der Waals surface area contributed by atoms with E-state index in [2.05, 4.69) is 28.8 Å². The summed E-state index contributed by atoms with van der Waals surface area (Å²) >= 11 is 0. The van der Waals surface area contributed by atoms with E-state index in [9.17, 15) is 4.79 Å². The lowest BCUT2D eigenvalue weighted by Crippen LogP contribution is -2.31. The maximum absolute atomic E-state index is 11.6. The van der Waals surface area contributed by atoms with E-state index in [4.69, 9.17) is 0 Å². The minimum absolute atomic E-state index is 0.217. The highest BCUT2D eigenvalue weighted by Gasteiger charge is 2.20. The number of fused-ring (bicyclic) bond motifs is 1. The van der Waals surface area contributed by atoms with Gasteiger partial charge >= 0.3 is 0 Å². The summed E-state index contributed by atoms with van der Waals surface area (Å²) in [5.41, 5.74) is 3.72. The van der Waals surface area contributed by atoms with Crippen LogP contribution in [0.1, 0.15) is 17.5 Å². The van der Waals surface area contributed by atoms with E-state index in [0.717, 1.165) is 38.2 Å². The van der Waals surface area contributed by atoms with Crippen LogP contribution in [0.5, 0.6) is 0 Å². The largest absolute Gasteiger partial charge is 0.318 e. The standard InChI is InChI=1S/C15H23N3O/c1-16-9-10-17-8-7-12-3-5-14-13(11-12)4-6-15(19)18(14)2/h3,5,11,16-17H,4,6-10H2,1-2H3. The fourth-order valence-corrected chi connectivity index (χ4v) is 2.44. The van der Waals surface area contributed by atoms with Crippen molar-refractivity contribution in [2.75, 3.05) is 38.6 Å².